The van der Waals surface area contributed by atoms with E-state index in [-0.39, 0.29) is 22.3 Å². The number of hydrogen-bond donors (Lipinski definition) is 1. The Kier molecular flexibility index (Phi) is 9.91. The molecule has 1 aliphatic carbocycles. The zero-order valence-electron chi connectivity index (χ0n) is 25.1. The van der Waals surface area contributed by atoms with E-state index < -0.39 is 9.04 Å². The highest BCUT2D eigenvalue weighted by Crippen LogP contribution is 2.60. The van der Waals surface area contributed by atoms with Crippen molar-refractivity contribution in [3.8, 4) is 0 Å². The van der Waals surface area contributed by atoms with Gasteiger partial charge in [-0.05, 0) is 76.0 Å². The Morgan fingerprint density at radius 1 is 0.892 bits per heavy atom. The van der Waals surface area contributed by atoms with Gasteiger partial charge >= 0.3 is 0 Å². The van der Waals surface area contributed by atoms with Crippen LogP contribution in [-0.2, 0) is 4.43 Å². The minimum atomic E-state index is -1.85. The van der Waals surface area contributed by atoms with Gasteiger partial charge in [0.25, 0.3) is 0 Å². The number of aliphatic hydroxyl groups is 1. The van der Waals surface area contributed by atoms with Crippen LogP contribution in [0.5, 0.6) is 0 Å². The molecule has 1 unspecified atom stereocenters. The lowest BCUT2D eigenvalue weighted by Crippen LogP contribution is -2.52. The van der Waals surface area contributed by atoms with Crippen LogP contribution in [0.2, 0.25) is 0 Å². The lowest BCUT2D eigenvalue weighted by Gasteiger charge is -2.47. The molecule has 0 radical (unpaired) electrons. The summed E-state index contributed by atoms with van der Waals surface area (Å²) >= 11 is 0. The molecule has 0 heterocycles. The summed E-state index contributed by atoms with van der Waals surface area (Å²) < 4.78 is 7.37. The van der Waals surface area contributed by atoms with Gasteiger partial charge in [0.2, 0.25) is 9.04 Å². The van der Waals surface area contributed by atoms with Crippen LogP contribution in [0, 0.1) is 39.9 Å². The van der Waals surface area contributed by atoms with Crippen molar-refractivity contribution in [1.29, 1.82) is 0 Å². The van der Waals surface area contributed by atoms with Crippen molar-refractivity contribution in [2.75, 3.05) is 6.61 Å². The van der Waals surface area contributed by atoms with Crippen molar-refractivity contribution in [2.24, 2.45) is 39.9 Å². The molecule has 1 aliphatic rings. The predicted octanol–water partition coefficient (Wildman–Crippen LogP) is 7.08. The highest BCUT2D eigenvalue weighted by atomic mass is 28.3. The third kappa shape index (κ3) is 6.60. The molecule has 2 aromatic rings. The third-order valence-corrected chi connectivity index (χ3v) is 12.9. The lowest BCUT2D eigenvalue weighted by molar-refractivity contribution is -0.0105. The molecule has 206 valence electrons. The normalized spacial score (nSPS) is 24.4. The molecule has 3 rings (SSSR count). The average molecular weight is 523 g/mol. The molecule has 5 atom stereocenters. The molecule has 1 N–H and O–H groups in total. The Hall–Kier alpha value is -1.42. The highest BCUT2D eigenvalue weighted by Gasteiger charge is 2.53. The average Bonchev–Trinajstić information content (AvgIpc) is 3.09. The molecule has 0 aromatic heterocycles. The molecule has 1 fully saturated rings. The SMILES string of the molecule is CC(C)[C@@H](CC[C@H](C)[C@@]1(C)CC[C@@H](CO)C1(C)C)C(O[SiH](c1ccccc1)c1ccccc1)C(C)(C)C. The molecule has 0 saturated heterocycles. The van der Waals surface area contributed by atoms with Crippen LogP contribution in [0.4, 0.5) is 0 Å². The second-order valence-electron chi connectivity index (χ2n) is 14.1. The number of hydrogen-bond acceptors (Lipinski definition) is 2. The van der Waals surface area contributed by atoms with E-state index in [1.54, 1.807) is 0 Å². The molecule has 0 bridgehead atoms. The summed E-state index contributed by atoms with van der Waals surface area (Å²) in [6.07, 6.45) is 4.94. The Morgan fingerprint density at radius 2 is 1.41 bits per heavy atom. The Bertz CT molecular complexity index is 909. The summed E-state index contributed by atoms with van der Waals surface area (Å²) in [5.74, 6) is 2.06. The van der Waals surface area contributed by atoms with E-state index in [0.717, 1.165) is 6.42 Å². The largest absolute Gasteiger partial charge is 0.407 e. The summed E-state index contributed by atoms with van der Waals surface area (Å²) in [5, 5.41) is 12.7. The van der Waals surface area contributed by atoms with Gasteiger partial charge < -0.3 is 9.53 Å². The first-order valence-corrected chi connectivity index (χ1v) is 16.3. The summed E-state index contributed by atoms with van der Waals surface area (Å²) in [4.78, 5) is 0. The molecule has 1 saturated carbocycles. The van der Waals surface area contributed by atoms with Gasteiger partial charge in [0.1, 0.15) is 0 Å². The van der Waals surface area contributed by atoms with Gasteiger partial charge in [0.05, 0.1) is 6.10 Å². The van der Waals surface area contributed by atoms with Crippen LogP contribution >= 0.6 is 0 Å². The first-order chi connectivity index (χ1) is 17.3. The number of rotatable bonds is 11. The van der Waals surface area contributed by atoms with Gasteiger partial charge in [0.15, 0.2) is 0 Å². The van der Waals surface area contributed by atoms with Crippen LogP contribution in [0.25, 0.3) is 0 Å². The summed E-state index contributed by atoms with van der Waals surface area (Å²) in [7, 11) is -1.85. The van der Waals surface area contributed by atoms with Crippen molar-refractivity contribution >= 4 is 19.4 Å². The maximum atomic E-state index is 10.0. The minimum Gasteiger partial charge on any atom is -0.407 e. The second-order valence-corrected chi connectivity index (χ2v) is 16.4. The standard InChI is InChI=1S/C34H54O2Si/c1-25(2)30(21-20-26(3)34(9)23-22-27(24-35)33(34,7)8)31(32(4,5)6)36-37(28-16-12-10-13-17-28)29-18-14-11-15-19-29/h10-19,25-27,30-31,35,37H,20-24H2,1-9H3/t26-,27-,30+,31?,34+/m0/s1. The fourth-order valence-electron chi connectivity index (χ4n) is 7.12. The van der Waals surface area contributed by atoms with E-state index in [2.05, 4.69) is 123 Å². The van der Waals surface area contributed by atoms with E-state index in [1.807, 2.05) is 0 Å². The van der Waals surface area contributed by atoms with Crippen LogP contribution < -0.4 is 10.4 Å². The molecule has 2 aromatic carbocycles. The minimum absolute atomic E-state index is 0.0471. The lowest BCUT2D eigenvalue weighted by atomic mass is 9.59. The summed E-state index contributed by atoms with van der Waals surface area (Å²) in [6, 6.07) is 21.9. The van der Waals surface area contributed by atoms with E-state index in [0.29, 0.717) is 30.3 Å². The second kappa shape index (κ2) is 12.2. The zero-order valence-corrected chi connectivity index (χ0v) is 26.3. The van der Waals surface area contributed by atoms with Gasteiger partial charge in [-0.1, -0.05) is 123 Å². The fourth-order valence-corrected chi connectivity index (χ4v) is 9.86. The fraction of sp³-hybridized carbons (Fsp3) is 0.647. The maximum Gasteiger partial charge on any atom is 0.240 e. The van der Waals surface area contributed by atoms with Crippen LogP contribution in [0.1, 0.15) is 88.0 Å². The van der Waals surface area contributed by atoms with Crippen molar-refractivity contribution in [3.05, 3.63) is 60.7 Å². The van der Waals surface area contributed by atoms with Crippen LogP contribution in [0.15, 0.2) is 60.7 Å². The molecule has 0 spiro atoms. The third-order valence-electron chi connectivity index (χ3n) is 10.3. The number of benzene rings is 2. The van der Waals surface area contributed by atoms with Gasteiger partial charge in [0, 0.05) is 6.61 Å². The Labute approximate surface area is 230 Å². The van der Waals surface area contributed by atoms with Gasteiger partial charge in [-0.15, -0.1) is 0 Å². The quantitative estimate of drug-likeness (QED) is 0.320. The Balaban J connectivity index is 1.87. The van der Waals surface area contributed by atoms with Crippen molar-refractivity contribution in [3.63, 3.8) is 0 Å². The summed E-state index contributed by atoms with van der Waals surface area (Å²) in [5.41, 5.74) is 0.462. The topological polar surface area (TPSA) is 29.5 Å². The predicted molar refractivity (Wildman–Crippen MR) is 162 cm³/mol. The monoisotopic (exact) mass is 522 g/mol. The van der Waals surface area contributed by atoms with E-state index >= 15 is 0 Å². The zero-order chi connectivity index (χ0) is 27.4. The summed E-state index contributed by atoms with van der Waals surface area (Å²) in [6.45, 7) is 21.9. The molecule has 37 heavy (non-hydrogen) atoms. The highest BCUT2D eigenvalue weighted by molar-refractivity contribution is 6.80. The Morgan fingerprint density at radius 3 is 1.81 bits per heavy atom. The molecule has 0 amide bonds. The van der Waals surface area contributed by atoms with Crippen molar-refractivity contribution in [2.45, 2.75) is 94.1 Å². The van der Waals surface area contributed by atoms with Crippen molar-refractivity contribution in [1.82, 2.24) is 0 Å². The van der Waals surface area contributed by atoms with E-state index in [4.69, 9.17) is 4.43 Å². The molecule has 2 nitrogen and oxygen atoms in total. The molecule has 0 aliphatic heterocycles. The molecular formula is C34H54O2Si. The van der Waals surface area contributed by atoms with Gasteiger partial charge in [-0.3, -0.25) is 0 Å². The van der Waals surface area contributed by atoms with Gasteiger partial charge in [-0.25, -0.2) is 0 Å². The molecule has 3 heteroatoms. The maximum absolute atomic E-state index is 10.0. The van der Waals surface area contributed by atoms with Crippen LogP contribution in [-0.4, -0.2) is 26.9 Å². The van der Waals surface area contributed by atoms with Crippen molar-refractivity contribution < 1.29 is 9.53 Å². The number of aliphatic hydroxyl groups excluding tert-OH is 1. The first-order valence-electron chi connectivity index (χ1n) is 14.7. The van der Waals surface area contributed by atoms with Crippen LogP contribution in [0.3, 0.4) is 0 Å². The van der Waals surface area contributed by atoms with E-state index in [1.165, 1.54) is 29.6 Å². The van der Waals surface area contributed by atoms with E-state index in [9.17, 15) is 5.11 Å². The van der Waals surface area contributed by atoms with Gasteiger partial charge in [-0.2, -0.15) is 0 Å². The first kappa shape index (κ1) is 30.1. The smallest absolute Gasteiger partial charge is 0.240 e. The molecular weight excluding hydrogens is 468 g/mol.